The summed E-state index contributed by atoms with van der Waals surface area (Å²) < 4.78 is 27.9. The van der Waals surface area contributed by atoms with E-state index in [1.807, 2.05) is 0 Å². The normalized spacial score (nSPS) is 18.7. The lowest BCUT2D eigenvalue weighted by Crippen LogP contribution is -2.39. The third kappa shape index (κ3) is 3.67. The lowest BCUT2D eigenvalue weighted by molar-refractivity contribution is -0.00507. The van der Waals surface area contributed by atoms with Crippen LogP contribution in [0.3, 0.4) is 0 Å². The summed E-state index contributed by atoms with van der Waals surface area (Å²) in [4.78, 5) is 0. The first-order valence-corrected chi connectivity index (χ1v) is 7.32. The summed E-state index contributed by atoms with van der Waals surface area (Å²) in [6, 6.07) is 7.96. The Labute approximate surface area is 118 Å². The molecule has 0 bridgehead atoms. The number of hydrogen-bond acceptors (Lipinski definition) is 1. The van der Waals surface area contributed by atoms with Gasteiger partial charge in [0.15, 0.2) is 0 Å². The molecule has 1 saturated carbocycles. The smallest absolute Gasteiger partial charge is 0.285 e. The lowest BCUT2D eigenvalue weighted by Gasteiger charge is -2.28. The van der Waals surface area contributed by atoms with Gasteiger partial charge in [-0.15, -0.1) is 11.6 Å². The second-order valence-electron chi connectivity index (χ2n) is 5.51. The SMILES string of the molecule is FC(F)(CNCC1(CCl)CCCC1)c1ccccc1. The number of benzene rings is 1. The molecule has 0 atom stereocenters. The Kier molecular flexibility index (Phi) is 4.80. The molecule has 1 aromatic rings. The maximum atomic E-state index is 14.0. The van der Waals surface area contributed by atoms with Crippen LogP contribution in [0, 0.1) is 5.41 Å². The van der Waals surface area contributed by atoms with Crippen LogP contribution in [0.15, 0.2) is 30.3 Å². The van der Waals surface area contributed by atoms with Crippen molar-refractivity contribution in [1.82, 2.24) is 5.32 Å². The van der Waals surface area contributed by atoms with E-state index in [1.54, 1.807) is 18.2 Å². The number of nitrogens with one attached hydrogen (secondary N) is 1. The van der Waals surface area contributed by atoms with Gasteiger partial charge in [0, 0.05) is 18.0 Å². The number of hydrogen-bond donors (Lipinski definition) is 1. The van der Waals surface area contributed by atoms with Crippen molar-refractivity contribution in [1.29, 1.82) is 0 Å². The van der Waals surface area contributed by atoms with Gasteiger partial charge in [-0.1, -0.05) is 43.2 Å². The molecule has 0 unspecified atom stereocenters. The third-order valence-electron chi connectivity index (χ3n) is 3.99. The summed E-state index contributed by atoms with van der Waals surface area (Å²) in [6.07, 6.45) is 4.40. The fourth-order valence-corrected chi connectivity index (χ4v) is 3.11. The Bertz CT molecular complexity index is 388. The van der Waals surface area contributed by atoms with E-state index in [9.17, 15) is 8.78 Å². The van der Waals surface area contributed by atoms with E-state index in [0.717, 1.165) is 25.7 Å². The molecule has 1 aliphatic rings. The topological polar surface area (TPSA) is 12.0 Å². The molecular weight excluding hydrogens is 268 g/mol. The lowest BCUT2D eigenvalue weighted by atomic mass is 9.88. The molecular formula is C15H20ClF2N. The predicted octanol–water partition coefficient (Wildman–Crippen LogP) is 4.17. The molecule has 0 aromatic heterocycles. The number of alkyl halides is 3. The van der Waals surface area contributed by atoms with Crippen LogP contribution in [-0.2, 0) is 5.92 Å². The summed E-state index contributed by atoms with van der Waals surface area (Å²) in [5, 5.41) is 2.92. The second-order valence-corrected chi connectivity index (χ2v) is 5.78. The van der Waals surface area contributed by atoms with Crippen LogP contribution in [0.2, 0.25) is 0 Å². The van der Waals surface area contributed by atoms with Crippen LogP contribution >= 0.6 is 11.6 Å². The zero-order valence-corrected chi connectivity index (χ0v) is 11.7. The second kappa shape index (κ2) is 6.19. The van der Waals surface area contributed by atoms with Crippen molar-refractivity contribution in [3.05, 3.63) is 35.9 Å². The van der Waals surface area contributed by atoms with Crippen molar-refractivity contribution in [2.24, 2.45) is 5.41 Å². The molecule has 1 nitrogen and oxygen atoms in total. The van der Waals surface area contributed by atoms with Gasteiger partial charge in [-0.05, 0) is 18.3 Å². The minimum absolute atomic E-state index is 0.0221. The van der Waals surface area contributed by atoms with Crippen molar-refractivity contribution in [2.45, 2.75) is 31.6 Å². The molecule has 2 rings (SSSR count). The maximum Gasteiger partial charge on any atom is 0.285 e. The van der Waals surface area contributed by atoms with Crippen molar-refractivity contribution >= 4 is 11.6 Å². The number of rotatable bonds is 6. The molecule has 0 heterocycles. The van der Waals surface area contributed by atoms with Crippen LogP contribution in [0.25, 0.3) is 0 Å². The van der Waals surface area contributed by atoms with E-state index < -0.39 is 5.92 Å². The first-order valence-electron chi connectivity index (χ1n) is 6.78. The molecule has 0 amide bonds. The van der Waals surface area contributed by atoms with E-state index in [-0.39, 0.29) is 17.5 Å². The van der Waals surface area contributed by atoms with E-state index >= 15 is 0 Å². The Morgan fingerprint density at radius 2 is 1.79 bits per heavy atom. The molecule has 1 N–H and O–H groups in total. The molecule has 19 heavy (non-hydrogen) atoms. The van der Waals surface area contributed by atoms with Gasteiger partial charge in [-0.3, -0.25) is 0 Å². The van der Waals surface area contributed by atoms with Crippen molar-refractivity contribution < 1.29 is 8.78 Å². The summed E-state index contributed by atoms with van der Waals surface area (Å²) in [6.45, 7) is 0.259. The fourth-order valence-electron chi connectivity index (χ4n) is 2.75. The van der Waals surface area contributed by atoms with E-state index in [0.29, 0.717) is 12.4 Å². The highest BCUT2D eigenvalue weighted by molar-refractivity contribution is 6.18. The van der Waals surface area contributed by atoms with Gasteiger partial charge < -0.3 is 5.32 Å². The summed E-state index contributed by atoms with van der Waals surface area (Å²) in [7, 11) is 0. The van der Waals surface area contributed by atoms with E-state index in [2.05, 4.69) is 5.32 Å². The van der Waals surface area contributed by atoms with Gasteiger partial charge in [0.2, 0.25) is 0 Å². The van der Waals surface area contributed by atoms with Crippen molar-refractivity contribution in [3.63, 3.8) is 0 Å². The van der Waals surface area contributed by atoms with Gasteiger partial charge >= 0.3 is 0 Å². The van der Waals surface area contributed by atoms with Crippen LogP contribution in [-0.4, -0.2) is 19.0 Å². The predicted molar refractivity (Wildman–Crippen MR) is 74.8 cm³/mol. The first-order chi connectivity index (χ1) is 9.08. The van der Waals surface area contributed by atoms with Crippen molar-refractivity contribution in [3.8, 4) is 0 Å². The van der Waals surface area contributed by atoms with Gasteiger partial charge in [-0.2, -0.15) is 8.78 Å². The Morgan fingerprint density at radius 1 is 1.16 bits per heavy atom. The number of halogens is 3. The van der Waals surface area contributed by atoms with Gasteiger partial charge in [0.1, 0.15) is 0 Å². The van der Waals surface area contributed by atoms with Crippen LogP contribution in [0.1, 0.15) is 31.2 Å². The standard InChI is InChI=1S/C15H20ClF2N/c16-10-14(8-4-5-9-14)11-19-12-15(17,18)13-6-2-1-3-7-13/h1-3,6-7,19H,4-5,8-12H2. The van der Waals surface area contributed by atoms with Gasteiger partial charge in [0.05, 0.1) is 6.54 Å². The van der Waals surface area contributed by atoms with E-state index in [4.69, 9.17) is 11.6 Å². The maximum absolute atomic E-state index is 14.0. The fraction of sp³-hybridized carbons (Fsp3) is 0.600. The molecule has 106 valence electrons. The molecule has 0 saturated heterocycles. The quantitative estimate of drug-likeness (QED) is 0.775. The molecule has 1 aliphatic carbocycles. The Morgan fingerprint density at radius 3 is 2.37 bits per heavy atom. The van der Waals surface area contributed by atoms with E-state index in [1.165, 1.54) is 12.1 Å². The van der Waals surface area contributed by atoms with Crippen LogP contribution < -0.4 is 5.32 Å². The summed E-state index contributed by atoms with van der Waals surface area (Å²) in [5.74, 6) is -2.27. The van der Waals surface area contributed by atoms with Crippen molar-refractivity contribution in [2.75, 3.05) is 19.0 Å². The highest BCUT2D eigenvalue weighted by atomic mass is 35.5. The molecule has 0 aliphatic heterocycles. The molecule has 1 aromatic carbocycles. The molecule has 0 radical (unpaired) electrons. The van der Waals surface area contributed by atoms with Gasteiger partial charge in [0.25, 0.3) is 5.92 Å². The Hall–Kier alpha value is -0.670. The first kappa shape index (κ1) is 14.7. The highest BCUT2D eigenvalue weighted by Crippen LogP contribution is 2.38. The van der Waals surface area contributed by atoms with Crippen LogP contribution in [0.5, 0.6) is 0 Å². The Balaban J connectivity index is 1.88. The zero-order chi connectivity index (χ0) is 13.8. The monoisotopic (exact) mass is 287 g/mol. The molecule has 1 fully saturated rings. The highest BCUT2D eigenvalue weighted by Gasteiger charge is 2.35. The zero-order valence-electron chi connectivity index (χ0n) is 11.0. The minimum atomic E-state index is -2.83. The molecule has 0 spiro atoms. The average molecular weight is 288 g/mol. The largest absolute Gasteiger partial charge is 0.310 e. The van der Waals surface area contributed by atoms with Crippen LogP contribution in [0.4, 0.5) is 8.78 Å². The average Bonchev–Trinajstić information content (AvgIpc) is 2.89. The summed E-state index contributed by atoms with van der Waals surface area (Å²) in [5.41, 5.74) is 0.0859. The summed E-state index contributed by atoms with van der Waals surface area (Å²) >= 11 is 6.00. The minimum Gasteiger partial charge on any atom is -0.310 e. The molecule has 4 heteroatoms. The van der Waals surface area contributed by atoms with Gasteiger partial charge in [-0.25, -0.2) is 0 Å². The third-order valence-corrected chi connectivity index (χ3v) is 4.56.